The molecule has 124 valence electrons. The number of aromatic nitrogens is 2. The maximum atomic E-state index is 11.6. The molecule has 0 spiro atoms. The largest absolute Gasteiger partial charge is 0.478 e. The summed E-state index contributed by atoms with van der Waals surface area (Å²) in [6.07, 6.45) is 1.52. The van der Waals surface area contributed by atoms with Crippen molar-refractivity contribution in [1.82, 2.24) is 9.97 Å². The van der Waals surface area contributed by atoms with Crippen LogP contribution in [0.5, 0.6) is 0 Å². The van der Waals surface area contributed by atoms with Gasteiger partial charge in [-0.3, -0.25) is 0 Å². The highest BCUT2D eigenvalue weighted by Crippen LogP contribution is 2.33. The molecular formula is C20H17N3O2. The lowest BCUT2D eigenvalue weighted by molar-refractivity contribution is 0.0699. The summed E-state index contributed by atoms with van der Waals surface area (Å²) in [6, 6.07) is 13.7. The van der Waals surface area contributed by atoms with E-state index in [0.29, 0.717) is 16.7 Å². The van der Waals surface area contributed by atoms with Crippen molar-refractivity contribution in [2.75, 3.05) is 5.32 Å². The molecule has 2 aromatic heterocycles. The molecule has 0 radical (unpaired) electrons. The van der Waals surface area contributed by atoms with Gasteiger partial charge in [0, 0.05) is 22.7 Å². The lowest BCUT2D eigenvalue weighted by Gasteiger charge is -2.11. The lowest BCUT2D eigenvalue weighted by Crippen LogP contribution is -1.98. The van der Waals surface area contributed by atoms with Crippen molar-refractivity contribution in [3.8, 4) is 0 Å². The van der Waals surface area contributed by atoms with Crippen LogP contribution >= 0.6 is 0 Å². The van der Waals surface area contributed by atoms with Crippen molar-refractivity contribution in [3.63, 3.8) is 0 Å². The Morgan fingerprint density at radius 3 is 2.56 bits per heavy atom. The van der Waals surface area contributed by atoms with Gasteiger partial charge < -0.3 is 15.4 Å². The maximum absolute atomic E-state index is 11.6. The molecular weight excluding hydrogens is 314 g/mol. The highest BCUT2D eigenvalue weighted by atomic mass is 16.4. The van der Waals surface area contributed by atoms with Gasteiger partial charge in [-0.1, -0.05) is 24.3 Å². The predicted molar refractivity (Wildman–Crippen MR) is 99.8 cm³/mol. The molecule has 0 saturated heterocycles. The molecule has 0 aliphatic carbocycles. The minimum Gasteiger partial charge on any atom is -0.478 e. The molecule has 5 nitrogen and oxygen atoms in total. The van der Waals surface area contributed by atoms with Gasteiger partial charge in [-0.2, -0.15) is 0 Å². The van der Waals surface area contributed by atoms with Crippen molar-refractivity contribution in [2.45, 2.75) is 13.8 Å². The Morgan fingerprint density at radius 1 is 1.12 bits per heavy atom. The van der Waals surface area contributed by atoms with Crippen molar-refractivity contribution in [2.24, 2.45) is 0 Å². The Bertz CT molecular complexity index is 1110. The van der Waals surface area contributed by atoms with E-state index < -0.39 is 5.97 Å². The summed E-state index contributed by atoms with van der Waals surface area (Å²) in [5, 5.41) is 14.4. The van der Waals surface area contributed by atoms with Crippen molar-refractivity contribution < 1.29 is 9.90 Å². The number of nitrogens with one attached hydrogen (secondary N) is 2. The number of pyridine rings is 1. The van der Waals surface area contributed by atoms with E-state index in [0.717, 1.165) is 27.7 Å². The quantitative estimate of drug-likeness (QED) is 0.505. The first-order valence-corrected chi connectivity index (χ1v) is 8.01. The summed E-state index contributed by atoms with van der Waals surface area (Å²) in [5.41, 5.74) is 4.92. The Labute approximate surface area is 144 Å². The summed E-state index contributed by atoms with van der Waals surface area (Å²) in [6.45, 7) is 4.08. The van der Waals surface area contributed by atoms with Gasteiger partial charge in [-0.25, -0.2) is 9.78 Å². The van der Waals surface area contributed by atoms with Gasteiger partial charge in [-0.15, -0.1) is 0 Å². The van der Waals surface area contributed by atoms with E-state index in [4.69, 9.17) is 4.98 Å². The minimum atomic E-state index is -0.958. The molecule has 4 rings (SSSR count). The number of para-hydroxylation sites is 1. The number of hydrogen-bond acceptors (Lipinski definition) is 3. The predicted octanol–water partition coefficient (Wildman–Crippen LogP) is 4.77. The fourth-order valence-electron chi connectivity index (χ4n) is 3.29. The van der Waals surface area contributed by atoms with E-state index in [2.05, 4.69) is 16.4 Å². The van der Waals surface area contributed by atoms with E-state index in [-0.39, 0.29) is 5.56 Å². The number of aromatic amines is 1. The first-order valence-electron chi connectivity index (χ1n) is 8.01. The normalized spacial score (nSPS) is 11.1. The molecule has 0 amide bonds. The highest BCUT2D eigenvalue weighted by molar-refractivity contribution is 6.17. The second kappa shape index (κ2) is 5.63. The van der Waals surface area contributed by atoms with E-state index in [1.165, 1.54) is 6.20 Å². The van der Waals surface area contributed by atoms with Gasteiger partial charge in [0.15, 0.2) is 5.82 Å². The van der Waals surface area contributed by atoms with Crippen LogP contribution in [0.3, 0.4) is 0 Å². The number of benzene rings is 2. The number of anilines is 2. The summed E-state index contributed by atoms with van der Waals surface area (Å²) >= 11 is 0. The Balaban J connectivity index is 1.98. The number of hydrogen-bond donors (Lipinski definition) is 3. The summed E-state index contributed by atoms with van der Waals surface area (Å²) in [4.78, 5) is 19.4. The van der Waals surface area contributed by atoms with Crippen LogP contribution in [-0.2, 0) is 0 Å². The molecule has 0 saturated carbocycles. The molecule has 0 bridgehead atoms. The number of nitrogens with zero attached hydrogens (tertiary/aromatic N) is 1. The number of H-pyrrole nitrogens is 1. The number of fused-ring (bicyclic) bond motifs is 3. The molecule has 0 aliphatic rings. The van der Waals surface area contributed by atoms with E-state index >= 15 is 0 Å². The van der Waals surface area contributed by atoms with Gasteiger partial charge in [0.05, 0.1) is 16.6 Å². The molecule has 0 unspecified atom stereocenters. The van der Waals surface area contributed by atoms with Gasteiger partial charge >= 0.3 is 5.97 Å². The Morgan fingerprint density at radius 2 is 1.84 bits per heavy atom. The highest BCUT2D eigenvalue weighted by Gasteiger charge is 2.17. The molecule has 4 aromatic rings. The second-order valence-electron chi connectivity index (χ2n) is 6.24. The number of aryl methyl sites for hydroxylation is 2. The van der Waals surface area contributed by atoms with E-state index in [1.54, 1.807) is 0 Å². The molecule has 0 atom stereocenters. The third-order valence-corrected chi connectivity index (χ3v) is 4.24. The number of aromatic carboxylic acids is 1. The zero-order valence-corrected chi connectivity index (χ0v) is 13.9. The van der Waals surface area contributed by atoms with E-state index in [1.807, 2.05) is 50.2 Å². The van der Waals surface area contributed by atoms with E-state index in [9.17, 15) is 9.90 Å². The molecule has 2 heterocycles. The molecule has 0 aliphatic heterocycles. The fraction of sp³-hybridized carbons (Fsp3) is 0.100. The third kappa shape index (κ3) is 2.59. The number of carboxylic acids is 1. The zero-order chi connectivity index (χ0) is 17.6. The fourth-order valence-corrected chi connectivity index (χ4v) is 3.29. The van der Waals surface area contributed by atoms with Crippen LogP contribution in [0, 0.1) is 13.8 Å². The standard InChI is InChI=1S/C20H17N3O2/c1-11-7-12(2)9-13(8-11)22-19-18-17(15(10-21-18)20(24)25)14-5-3-4-6-16(14)23-19/h3-10,21H,1-2H3,(H,22,23)(H,24,25). The first-order chi connectivity index (χ1) is 12.0. The maximum Gasteiger partial charge on any atom is 0.337 e. The second-order valence-corrected chi connectivity index (χ2v) is 6.24. The minimum absolute atomic E-state index is 0.247. The van der Waals surface area contributed by atoms with Crippen molar-refractivity contribution in [3.05, 3.63) is 65.4 Å². The lowest BCUT2D eigenvalue weighted by atomic mass is 10.1. The van der Waals surface area contributed by atoms with Crippen LogP contribution in [0.1, 0.15) is 21.5 Å². The molecule has 0 fully saturated rings. The number of carboxylic acid groups (broad SMARTS) is 1. The van der Waals surface area contributed by atoms with Gasteiger partial charge in [0.2, 0.25) is 0 Å². The van der Waals surface area contributed by atoms with Crippen LogP contribution in [0.2, 0.25) is 0 Å². The van der Waals surface area contributed by atoms with Gasteiger partial charge in [0.25, 0.3) is 0 Å². The zero-order valence-electron chi connectivity index (χ0n) is 13.9. The van der Waals surface area contributed by atoms with Crippen molar-refractivity contribution >= 4 is 39.3 Å². The smallest absolute Gasteiger partial charge is 0.337 e. The van der Waals surface area contributed by atoms with Crippen LogP contribution in [-0.4, -0.2) is 21.0 Å². The topological polar surface area (TPSA) is 78.0 Å². The summed E-state index contributed by atoms with van der Waals surface area (Å²) < 4.78 is 0. The van der Waals surface area contributed by atoms with Crippen LogP contribution in [0.4, 0.5) is 11.5 Å². The Hall–Kier alpha value is -3.34. The first kappa shape index (κ1) is 15.2. The summed E-state index contributed by atoms with van der Waals surface area (Å²) in [5.74, 6) is -0.342. The number of rotatable bonds is 3. The monoisotopic (exact) mass is 331 g/mol. The number of carbonyl (C=O) groups is 1. The molecule has 25 heavy (non-hydrogen) atoms. The van der Waals surface area contributed by atoms with Gasteiger partial charge in [-0.05, 0) is 43.2 Å². The van der Waals surface area contributed by atoms with Crippen LogP contribution in [0.25, 0.3) is 21.8 Å². The SMILES string of the molecule is Cc1cc(C)cc(Nc2nc3ccccc3c3c(C(=O)O)c[nH]c23)c1. The average molecular weight is 331 g/mol. The summed E-state index contributed by atoms with van der Waals surface area (Å²) in [7, 11) is 0. The molecule has 3 N–H and O–H groups in total. The Kier molecular flexibility index (Phi) is 3.42. The van der Waals surface area contributed by atoms with Gasteiger partial charge in [0.1, 0.15) is 0 Å². The molecule has 2 aromatic carbocycles. The average Bonchev–Trinajstić information content (AvgIpc) is 3.00. The third-order valence-electron chi connectivity index (χ3n) is 4.24. The molecule has 5 heteroatoms. The van der Waals surface area contributed by atoms with Crippen molar-refractivity contribution in [1.29, 1.82) is 0 Å². The van der Waals surface area contributed by atoms with Crippen LogP contribution < -0.4 is 5.32 Å². The van der Waals surface area contributed by atoms with Crippen LogP contribution in [0.15, 0.2) is 48.7 Å².